The lowest BCUT2D eigenvalue weighted by Crippen LogP contribution is -2.04. The molecule has 0 aliphatic carbocycles. The van der Waals surface area contributed by atoms with Crippen LogP contribution in [0.15, 0.2) is 42.5 Å². The molecule has 104 valence electrons. The fraction of sp³-hybridized carbons (Fsp3) is 0.143. The molecule has 0 amide bonds. The summed E-state index contributed by atoms with van der Waals surface area (Å²) < 4.78 is 19.0. The van der Waals surface area contributed by atoms with Gasteiger partial charge in [0.25, 0.3) is 0 Å². The Hall–Kier alpha value is -2.47. The predicted octanol–water partition coefficient (Wildman–Crippen LogP) is 3.25. The molecule has 0 radical (unpaired) electrons. The van der Waals surface area contributed by atoms with Crippen molar-refractivity contribution in [3.63, 3.8) is 0 Å². The van der Waals surface area contributed by atoms with Crippen LogP contribution in [-0.2, 0) is 6.54 Å². The van der Waals surface area contributed by atoms with Crippen LogP contribution in [0.5, 0.6) is 11.5 Å². The van der Waals surface area contributed by atoms with E-state index in [4.69, 9.17) is 4.74 Å². The van der Waals surface area contributed by atoms with Crippen molar-refractivity contribution in [1.29, 1.82) is 0 Å². The molecule has 0 aliphatic rings. The molecule has 0 atom stereocenters. The highest BCUT2D eigenvalue weighted by Crippen LogP contribution is 2.33. The van der Waals surface area contributed by atoms with E-state index >= 15 is 0 Å². The summed E-state index contributed by atoms with van der Waals surface area (Å²) in [7, 11) is 1.80. The average Bonchev–Trinajstić information content (AvgIpc) is 2.41. The number of nitro groups is 1. The fourth-order valence-corrected chi connectivity index (χ4v) is 1.78. The maximum atomic E-state index is 13.7. The van der Waals surface area contributed by atoms with Gasteiger partial charge in [0.2, 0.25) is 5.75 Å². The van der Waals surface area contributed by atoms with Gasteiger partial charge in [-0.25, -0.2) is 4.39 Å². The third-order valence-electron chi connectivity index (χ3n) is 2.64. The average molecular weight is 276 g/mol. The smallest absolute Gasteiger partial charge is 0.314 e. The van der Waals surface area contributed by atoms with Gasteiger partial charge in [0.15, 0.2) is 5.82 Å². The van der Waals surface area contributed by atoms with E-state index in [0.717, 1.165) is 11.6 Å². The zero-order valence-electron chi connectivity index (χ0n) is 10.8. The quantitative estimate of drug-likeness (QED) is 0.672. The summed E-state index contributed by atoms with van der Waals surface area (Å²) in [5.74, 6) is -0.789. The van der Waals surface area contributed by atoms with Gasteiger partial charge in [0, 0.05) is 12.6 Å². The Bertz CT molecular complexity index is 632. The number of nitrogens with one attached hydrogen (secondary N) is 1. The molecule has 0 heterocycles. The van der Waals surface area contributed by atoms with E-state index < -0.39 is 16.4 Å². The van der Waals surface area contributed by atoms with Crippen LogP contribution in [-0.4, -0.2) is 12.0 Å². The molecule has 0 fully saturated rings. The first-order chi connectivity index (χ1) is 9.61. The molecule has 2 aromatic rings. The first-order valence-corrected chi connectivity index (χ1v) is 5.96. The SMILES string of the molecule is CNCc1cccc(Oc2c(F)cccc2[N+](=O)[O-])c1. The summed E-state index contributed by atoms with van der Waals surface area (Å²) in [6.45, 7) is 0.622. The van der Waals surface area contributed by atoms with Crippen LogP contribution in [0.1, 0.15) is 5.56 Å². The number of hydrogen-bond acceptors (Lipinski definition) is 4. The molecule has 0 saturated carbocycles. The van der Waals surface area contributed by atoms with Crippen molar-refractivity contribution in [1.82, 2.24) is 5.32 Å². The summed E-state index contributed by atoms with van der Waals surface area (Å²) in [5.41, 5.74) is 0.535. The summed E-state index contributed by atoms with van der Waals surface area (Å²) in [4.78, 5) is 10.2. The molecule has 0 unspecified atom stereocenters. The van der Waals surface area contributed by atoms with Crippen molar-refractivity contribution in [2.75, 3.05) is 7.05 Å². The Labute approximate surface area is 115 Å². The van der Waals surface area contributed by atoms with Crippen LogP contribution >= 0.6 is 0 Å². The first kappa shape index (κ1) is 14.0. The van der Waals surface area contributed by atoms with Gasteiger partial charge in [-0.05, 0) is 30.8 Å². The minimum atomic E-state index is -0.766. The lowest BCUT2D eigenvalue weighted by atomic mass is 10.2. The number of nitrogens with zero attached hydrogens (tertiary/aromatic N) is 1. The van der Waals surface area contributed by atoms with Crippen molar-refractivity contribution in [3.05, 3.63) is 64.0 Å². The molecule has 0 spiro atoms. The lowest BCUT2D eigenvalue weighted by molar-refractivity contribution is -0.385. The van der Waals surface area contributed by atoms with E-state index in [-0.39, 0.29) is 5.75 Å². The number of para-hydroxylation sites is 1. The van der Waals surface area contributed by atoms with E-state index in [1.165, 1.54) is 12.1 Å². The number of hydrogen-bond donors (Lipinski definition) is 1. The van der Waals surface area contributed by atoms with Crippen LogP contribution in [0.25, 0.3) is 0 Å². The summed E-state index contributed by atoms with van der Waals surface area (Å²) in [5, 5.41) is 13.9. The Morgan fingerprint density at radius 2 is 2.05 bits per heavy atom. The van der Waals surface area contributed by atoms with Gasteiger partial charge in [0.05, 0.1) is 4.92 Å². The van der Waals surface area contributed by atoms with E-state index in [2.05, 4.69) is 5.32 Å². The zero-order chi connectivity index (χ0) is 14.5. The second kappa shape index (κ2) is 6.12. The van der Waals surface area contributed by atoms with Crippen LogP contribution in [0.4, 0.5) is 10.1 Å². The highest BCUT2D eigenvalue weighted by Gasteiger charge is 2.20. The van der Waals surface area contributed by atoms with Crippen LogP contribution < -0.4 is 10.1 Å². The molecule has 20 heavy (non-hydrogen) atoms. The highest BCUT2D eigenvalue weighted by molar-refractivity contribution is 5.49. The van der Waals surface area contributed by atoms with Gasteiger partial charge in [-0.1, -0.05) is 18.2 Å². The van der Waals surface area contributed by atoms with Crippen molar-refractivity contribution in [2.24, 2.45) is 0 Å². The minimum absolute atomic E-state index is 0.353. The number of ether oxygens (including phenoxy) is 1. The summed E-state index contributed by atoms with van der Waals surface area (Å²) in [6.07, 6.45) is 0. The molecule has 0 aliphatic heterocycles. The van der Waals surface area contributed by atoms with Gasteiger partial charge in [-0.3, -0.25) is 10.1 Å². The molecular weight excluding hydrogens is 263 g/mol. The highest BCUT2D eigenvalue weighted by atomic mass is 19.1. The normalized spacial score (nSPS) is 10.3. The maximum Gasteiger partial charge on any atom is 0.314 e. The van der Waals surface area contributed by atoms with Crippen LogP contribution in [0, 0.1) is 15.9 Å². The standard InChI is InChI=1S/C14H13FN2O3/c1-16-9-10-4-2-5-11(8-10)20-14-12(15)6-3-7-13(14)17(18)19/h2-8,16H,9H2,1H3. The van der Waals surface area contributed by atoms with E-state index in [9.17, 15) is 14.5 Å². The first-order valence-electron chi connectivity index (χ1n) is 5.96. The van der Waals surface area contributed by atoms with E-state index in [1.54, 1.807) is 25.2 Å². The molecule has 5 nitrogen and oxygen atoms in total. The second-order valence-electron chi connectivity index (χ2n) is 4.12. The molecular formula is C14H13FN2O3. The molecule has 0 bridgehead atoms. The lowest BCUT2D eigenvalue weighted by Gasteiger charge is -2.08. The molecule has 0 saturated heterocycles. The zero-order valence-corrected chi connectivity index (χ0v) is 10.8. The van der Waals surface area contributed by atoms with Gasteiger partial charge >= 0.3 is 5.69 Å². The van der Waals surface area contributed by atoms with Gasteiger partial charge < -0.3 is 10.1 Å². The van der Waals surface area contributed by atoms with Crippen LogP contribution in [0.2, 0.25) is 0 Å². The summed E-state index contributed by atoms with van der Waals surface area (Å²) >= 11 is 0. The minimum Gasteiger partial charge on any atom is -0.447 e. The molecule has 6 heteroatoms. The number of rotatable bonds is 5. The van der Waals surface area contributed by atoms with Gasteiger partial charge in [0.1, 0.15) is 5.75 Å². The number of nitro benzene ring substituents is 1. The van der Waals surface area contributed by atoms with Gasteiger partial charge in [-0.15, -0.1) is 0 Å². The molecule has 0 aromatic heterocycles. The fourth-order valence-electron chi connectivity index (χ4n) is 1.78. The second-order valence-corrected chi connectivity index (χ2v) is 4.12. The third-order valence-corrected chi connectivity index (χ3v) is 2.64. The largest absolute Gasteiger partial charge is 0.447 e. The maximum absolute atomic E-state index is 13.7. The third kappa shape index (κ3) is 3.10. The van der Waals surface area contributed by atoms with Crippen molar-refractivity contribution in [2.45, 2.75) is 6.54 Å². The van der Waals surface area contributed by atoms with Crippen molar-refractivity contribution in [3.8, 4) is 11.5 Å². The molecule has 2 rings (SSSR count). The molecule has 1 N–H and O–H groups in total. The topological polar surface area (TPSA) is 64.4 Å². The number of benzene rings is 2. The van der Waals surface area contributed by atoms with E-state index in [0.29, 0.717) is 12.3 Å². The Balaban J connectivity index is 2.34. The van der Waals surface area contributed by atoms with Crippen molar-refractivity contribution < 1.29 is 14.1 Å². The Morgan fingerprint density at radius 1 is 1.30 bits per heavy atom. The Kier molecular flexibility index (Phi) is 4.27. The summed E-state index contributed by atoms with van der Waals surface area (Å²) in [6, 6.07) is 10.5. The van der Waals surface area contributed by atoms with Gasteiger partial charge in [-0.2, -0.15) is 0 Å². The monoisotopic (exact) mass is 276 g/mol. The van der Waals surface area contributed by atoms with E-state index in [1.807, 2.05) is 6.07 Å². The van der Waals surface area contributed by atoms with Crippen molar-refractivity contribution >= 4 is 5.69 Å². The Morgan fingerprint density at radius 3 is 2.75 bits per heavy atom. The predicted molar refractivity (Wildman–Crippen MR) is 72.3 cm³/mol. The number of halogens is 1. The molecule has 2 aromatic carbocycles. The van der Waals surface area contributed by atoms with Crippen LogP contribution in [0.3, 0.4) is 0 Å².